The van der Waals surface area contributed by atoms with Gasteiger partial charge in [-0.15, -0.1) is 5.10 Å². The van der Waals surface area contributed by atoms with Gasteiger partial charge in [0.15, 0.2) is 0 Å². The zero-order valence-electron chi connectivity index (χ0n) is 8.69. The number of aryl methyl sites for hydroxylation is 1. The fourth-order valence-electron chi connectivity index (χ4n) is 0.966. The smallest absolute Gasteiger partial charge is 0.213 e. The van der Waals surface area contributed by atoms with Gasteiger partial charge in [-0.3, -0.25) is 0 Å². The molecule has 0 spiro atoms. The average molecular weight is 230 g/mol. The Balaban J connectivity index is 2.45. The van der Waals surface area contributed by atoms with Crippen LogP contribution < -0.4 is 10.0 Å². The van der Waals surface area contributed by atoms with Crippen LogP contribution in [0, 0.1) is 6.92 Å². The number of hydrogen-bond acceptors (Lipinski definition) is 5. The molecular formula is C8H14N4O2S. The summed E-state index contributed by atoms with van der Waals surface area (Å²) < 4.78 is 24.4. The molecule has 1 aromatic heterocycles. The van der Waals surface area contributed by atoms with Gasteiger partial charge in [0.05, 0.1) is 11.9 Å². The van der Waals surface area contributed by atoms with Crippen LogP contribution in [0.3, 0.4) is 0 Å². The van der Waals surface area contributed by atoms with E-state index in [0.717, 1.165) is 5.56 Å². The van der Waals surface area contributed by atoms with Crippen LogP contribution in [0.2, 0.25) is 0 Å². The van der Waals surface area contributed by atoms with E-state index < -0.39 is 10.0 Å². The molecule has 0 aromatic carbocycles. The van der Waals surface area contributed by atoms with Gasteiger partial charge < -0.3 is 5.32 Å². The molecule has 0 unspecified atom stereocenters. The molecule has 0 atom stereocenters. The number of anilines is 1. The Morgan fingerprint density at radius 2 is 2.20 bits per heavy atom. The number of sulfonamides is 1. The molecule has 0 saturated heterocycles. The third-order valence-corrected chi connectivity index (χ3v) is 3.14. The molecule has 15 heavy (non-hydrogen) atoms. The zero-order valence-corrected chi connectivity index (χ0v) is 9.50. The van der Waals surface area contributed by atoms with E-state index in [-0.39, 0.29) is 5.75 Å². The zero-order chi connectivity index (χ0) is 11.3. The number of aromatic nitrogens is 2. The molecule has 0 fully saturated rings. The average Bonchev–Trinajstić information content (AvgIpc) is 2.18. The van der Waals surface area contributed by atoms with Crippen molar-refractivity contribution in [3.63, 3.8) is 0 Å². The lowest BCUT2D eigenvalue weighted by Gasteiger charge is -2.05. The molecule has 1 rings (SSSR count). The summed E-state index contributed by atoms with van der Waals surface area (Å²) in [6.45, 7) is 2.20. The van der Waals surface area contributed by atoms with E-state index in [1.54, 1.807) is 12.3 Å². The Bertz CT molecular complexity index is 418. The largest absolute Gasteiger partial charge is 0.368 e. The molecule has 1 aromatic rings. The molecule has 0 saturated carbocycles. The second kappa shape index (κ2) is 5.04. The van der Waals surface area contributed by atoms with Crippen molar-refractivity contribution >= 4 is 15.8 Å². The van der Waals surface area contributed by atoms with Gasteiger partial charge in [-0.2, -0.15) is 5.10 Å². The number of hydrogen-bond donors (Lipinski definition) is 2. The van der Waals surface area contributed by atoms with Crippen molar-refractivity contribution in [2.24, 2.45) is 0 Å². The first-order valence-electron chi connectivity index (χ1n) is 4.48. The van der Waals surface area contributed by atoms with Crippen LogP contribution in [0.4, 0.5) is 5.82 Å². The van der Waals surface area contributed by atoms with Crippen molar-refractivity contribution in [2.45, 2.75) is 6.92 Å². The van der Waals surface area contributed by atoms with Crippen LogP contribution in [0.1, 0.15) is 5.56 Å². The van der Waals surface area contributed by atoms with Gasteiger partial charge in [0.1, 0.15) is 5.82 Å². The van der Waals surface area contributed by atoms with Crippen molar-refractivity contribution in [1.82, 2.24) is 14.9 Å². The third kappa shape index (κ3) is 4.22. The van der Waals surface area contributed by atoms with E-state index in [9.17, 15) is 8.42 Å². The van der Waals surface area contributed by atoms with Gasteiger partial charge in [-0.25, -0.2) is 13.1 Å². The Morgan fingerprint density at radius 3 is 2.80 bits per heavy atom. The van der Waals surface area contributed by atoms with Crippen LogP contribution in [0.25, 0.3) is 0 Å². The standard InChI is InChI=1S/C8H14N4O2S/c1-7-5-8(12-11-6-7)10-3-4-15(13,14)9-2/h5-6,9H,3-4H2,1-2H3,(H,10,12). The Morgan fingerprint density at radius 1 is 1.47 bits per heavy atom. The van der Waals surface area contributed by atoms with Crippen LogP contribution in [0.5, 0.6) is 0 Å². The first-order valence-corrected chi connectivity index (χ1v) is 6.13. The number of rotatable bonds is 5. The molecule has 84 valence electrons. The summed E-state index contributed by atoms with van der Waals surface area (Å²) in [5, 5.41) is 10.4. The normalized spacial score (nSPS) is 11.3. The summed E-state index contributed by atoms with van der Waals surface area (Å²) in [4.78, 5) is 0. The predicted octanol–water partition coefficient (Wildman–Crippen LogP) is -0.254. The van der Waals surface area contributed by atoms with Gasteiger partial charge in [0, 0.05) is 6.54 Å². The van der Waals surface area contributed by atoms with E-state index >= 15 is 0 Å². The maximum atomic E-state index is 11.1. The summed E-state index contributed by atoms with van der Waals surface area (Å²) >= 11 is 0. The predicted molar refractivity (Wildman–Crippen MR) is 58.1 cm³/mol. The molecular weight excluding hydrogens is 216 g/mol. The molecule has 0 bridgehead atoms. The monoisotopic (exact) mass is 230 g/mol. The molecule has 0 aliphatic carbocycles. The fraction of sp³-hybridized carbons (Fsp3) is 0.500. The summed E-state index contributed by atoms with van der Waals surface area (Å²) in [5.74, 6) is 0.598. The minimum atomic E-state index is -3.16. The minimum Gasteiger partial charge on any atom is -0.368 e. The van der Waals surface area contributed by atoms with E-state index in [4.69, 9.17) is 0 Å². The van der Waals surface area contributed by atoms with Gasteiger partial charge in [-0.05, 0) is 25.6 Å². The van der Waals surface area contributed by atoms with Gasteiger partial charge in [0.2, 0.25) is 10.0 Å². The van der Waals surface area contributed by atoms with E-state index in [1.807, 2.05) is 6.92 Å². The topological polar surface area (TPSA) is 84.0 Å². The highest BCUT2D eigenvalue weighted by Gasteiger charge is 2.05. The minimum absolute atomic E-state index is 0.0130. The van der Waals surface area contributed by atoms with Gasteiger partial charge in [0.25, 0.3) is 0 Å². The third-order valence-electron chi connectivity index (χ3n) is 1.78. The highest BCUT2D eigenvalue weighted by atomic mass is 32.2. The Kier molecular flexibility index (Phi) is 3.98. The first-order chi connectivity index (χ1) is 7.03. The van der Waals surface area contributed by atoms with Gasteiger partial charge in [-0.1, -0.05) is 0 Å². The van der Waals surface area contributed by atoms with Crippen molar-refractivity contribution in [3.8, 4) is 0 Å². The SMILES string of the molecule is CNS(=O)(=O)CCNc1cc(C)cnn1. The Labute approximate surface area is 89.2 Å². The second-order valence-corrected chi connectivity index (χ2v) is 5.11. The summed E-state index contributed by atoms with van der Waals surface area (Å²) in [6, 6.07) is 1.80. The molecule has 0 aliphatic heterocycles. The maximum Gasteiger partial charge on any atom is 0.213 e. The summed E-state index contributed by atoms with van der Waals surface area (Å²) in [7, 11) is -1.77. The highest BCUT2D eigenvalue weighted by molar-refractivity contribution is 7.89. The molecule has 6 nitrogen and oxygen atoms in total. The number of nitrogens with one attached hydrogen (secondary N) is 2. The van der Waals surface area contributed by atoms with Crippen LogP contribution in [-0.2, 0) is 10.0 Å². The molecule has 1 heterocycles. The maximum absolute atomic E-state index is 11.1. The van der Waals surface area contributed by atoms with Crippen molar-refractivity contribution in [2.75, 3.05) is 24.7 Å². The lowest BCUT2D eigenvalue weighted by atomic mass is 10.3. The summed E-state index contributed by atoms with van der Waals surface area (Å²) in [5.41, 5.74) is 0.976. The van der Waals surface area contributed by atoms with Crippen LogP contribution in [0.15, 0.2) is 12.3 Å². The first kappa shape index (κ1) is 11.9. The number of nitrogens with zero attached hydrogens (tertiary/aromatic N) is 2. The van der Waals surface area contributed by atoms with E-state index in [2.05, 4.69) is 20.2 Å². The quantitative estimate of drug-likeness (QED) is 0.728. The van der Waals surface area contributed by atoms with E-state index in [0.29, 0.717) is 12.4 Å². The summed E-state index contributed by atoms with van der Waals surface area (Å²) in [6.07, 6.45) is 1.63. The van der Waals surface area contributed by atoms with E-state index in [1.165, 1.54) is 7.05 Å². The lowest BCUT2D eigenvalue weighted by molar-refractivity contribution is 0.588. The molecule has 0 radical (unpaired) electrons. The van der Waals surface area contributed by atoms with Crippen LogP contribution >= 0.6 is 0 Å². The second-order valence-electron chi connectivity index (χ2n) is 3.07. The lowest BCUT2D eigenvalue weighted by Crippen LogP contribution is -2.26. The van der Waals surface area contributed by atoms with Crippen LogP contribution in [-0.4, -0.2) is 38.0 Å². The molecule has 0 aliphatic rings. The van der Waals surface area contributed by atoms with Crippen molar-refractivity contribution in [3.05, 3.63) is 17.8 Å². The molecule has 2 N–H and O–H groups in total. The fourth-order valence-corrected chi connectivity index (χ4v) is 1.54. The molecule has 7 heteroatoms. The van der Waals surface area contributed by atoms with Crippen molar-refractivity contribution in [1.29, 1.82) is 0 Å². The Hall–Kier alpha value is -1.21. The molecule has 0 amide bonds. The highest BCUT2D eigenvalue weighted by Crippen LogP contribution is 2.02. The van der Waals surface area contributed by atoms with Gasteiger partial charge >= 0.3 is 0 Å². The van der Waals surface area contributed by atoms with Crippen molar-refractivity contribution < 1.29 is 8.42 Å².